The van der Waals surface area contributed by atoms with Gasteiger partial charge in [-0.3, -0.25) is 23.9 Å². The number of nitrogens with zero attached hydrogens (tertiary/aromatic N) is 1. The summed E-state index contributed by atoms with van der Waals surface area (Å²) in [5.41, 5.74) is -1.20. The van der Waals surface area contributed by atoms with Gasteiger partial charge in [-0.15, -0.1) is 0 Å². The van der Waals surface area contributed by atoms with Crippen molar-refractivity contribution >= 4 is 27.9 Å². The Hall–Kier alpha value is -1.94. The number of halogens is 1. The highest BCUT2D eigenvalue weighted by atomic mass is 79.9. The van der Waals surface area contributed by atoms with Crippen LogP contribution in [0.25, 0.3) is 0 Å². The molecule has 1 aromatic heterocycles. The van der Waals surface area contributed by atoms with Gasteiger partial charge in [-0.05, 0) is 0 Å². The molecule has 0 aliphatic carbocycles. The number of H-pyrrole nitrogens is 1. The van der Waals surface area contributed by atoms with Crippen LogP contribution in [0.15, 0.2) is 21.9 Å². The average molecular weight is 391 g/mol. The van der Waals surface area contributed by atoms with Gasteiger partial charge < -0.3 is 14.2 Å². The van der Waals surface area contributed by atoms with E-state index in [0.29, 0.717) is 0 Å². The lowest BCUT2D eigenvalue weighted by molar-refractivity contribution is -0.155. The van der Waals surface area contributed by atoms with Crippen molar-refractivity contribution in [1.29, 1.82) is 0 Å². The number of aromatic amines is 1. The zero-order valence-corrected chi connectivity index (χ0v) is 13.9. The third-order valence-electron chi connectivity index (χ3n) is 3.15. The first-order chi connectivity index (χ1) is 10.8. The van der Waals surface area contributed by atoms with Crippen LogP contribution in [0.1, 0.15) is 20.1 Å². The molecule has 1 fully saturated rings. The minimum Gasteiger partial charge on any atom is -0.463 e. The normalized spacial score (nSPS) is 26.7. The van der Waals surface area contributed by atoms with Crippen molar-refractivity contribution in [1.82, 2.24) is 9.55 Å². The SMILES string of the molecule is CC(=O)OC[C@H]1O[C@H](n2ccc(=O)[nH]c2=O)[C@@H](Br)[C@@H]1OC(C)=O. The molecule has 0 amide bonds. The standard InChI is InChI=1S/C13H15BrN2O7/c1-6(17)21-5-8-11(22-7(2)18)10(14)12(23-8)16-4-3-9(19)15-13(16)20/h3-4,8,10-12H,5H2,1-2H3,(H,15,19,20)/t8-,10+,11-,12+/m1/s1. The fraction of sp³-hybridized carbons (Fsp3) is 0.538. The van der Waals surface area contributed by atoms with Gasteiger partial charge in [-0.2, -0.15) is 0 Å². The van der Waals surface area contributed by atoms with Crippen molar-refractivity contribution in [2.24, 2.45) is 0 Å². The smallest absolute Gasteiger partial charge is 0.330 e. The molecular weight excluding hydrogens is 376 g/mol. The summed E-state index contributed by atoms with van der Waals surface area (Å²) in [5.74, 6) is -1.05. The van der Waals surface area contributed by atoms with Crippen molar-refractivity contribution < 1.29 is 23.8 Å². The van der Waals surface area contributed by atoms with Crippen molar-refractivity contribution in [2.75, 3.05) is 6.61 Å². The quantitative estimate of drug-likeness (QED) is 0.553. The molecule has 2 rings (SSSR count). The van der Waals surface area contributed by atoms with E-state index in [1.54, 1.807) is 0 Å². The summed E-state index contributed by atoms with van der Waals surface area (Å²) in [7, 11) is 0. The fourth-order valence-corrected chi connectivity index (χ4v) is 3.04. The first kappa shape index (κ1) is 17.4. The van der Waals surface area contributed by atoms with E-state index in [9.17, 15) is 19.2 Å². The lowest BCUT2D eigenvalue weighted by Gasteiger charge is -2.19. The number of hydrogen-bond donors (Lipinski definition) is 1. The topological polar surface area (TPSA) is 117 Å². The minimum atomic E-state index is -0.843. The van der Waals surface area contributed by atoms with E-state index < -0.39 is 46.5 Å². The molecule has 4 atom stereocenters. The van der Waals surface area contributed by atoms with E-state index in [1.807, 2.05) is 0 Å². The van der Waals surface area contributed by atoms with Crippen LogP contribution in [-0.2, 0) is 23.8 Å². The number of ether oxygens (including phenoxy) is 3. The maximum absolute atomic E-state index is 11.9. The van der Waals surface area contributed by atoms with Crippen molar-refractivity contribution in [2.45, 2.75) is 37.1 Å². The zero-order valence-electron chi connectivity index (χ0n) is 12.4. The van der Waals surface area contributed by atoms with Gasteiger partial charge in [0.15, 0.2) is 6.23 Å². The van der Waals surface area contributed by atoms with E-state index in [2.05, 4.69) is 20.9 Å². The summed E-state index contributed by atoms with van der Waals surface area (Å²) >= 11 is 3.34. The summed E-state index contributed by atoms with van der Waals surface area (Å²) in [6, 6.07) is 1.17. The Morgan fingerprint density at radius 2 is 2.04 bits per heavy atom. The molecule has 1 N–H and O–H groups in total. The zero-order chi connectivity index (χ0) is 17.1. The van der Waals surface area contributed by atoms with Gasteiger partial charge in [0.1, 0.15) is 18.8 Å². The van der Waals surface area contributed by atoms with Crippen LogP contribution >= 0.6 is 15.9 Å². The second kappa shape index (κ2) is 7.09. The Labute approximate surface area is 138 Å². The second-order valence-corrected chi connectivity index (χ2v) is 5.96. The summed E-state index contributed by atoms with van der Waals surface area (Å²) < 4.78 is 16.9. The summed E-state index contributed by atoms with van der Waals surface area (Å²) in [4.78, 5) is 46.8. The molecule has 2 heterocycles. The van der Waals surface area contributed by atoms with Gasteiger partial charge in [0.25, 0.3) is 5.56 Å². The first-order valence-electron chi connectivity index (χ1n) is 6.71. The third-order valence-corrected chi connectivity index (χ3v) is 4.12. The predicted molar refractivity (Wildman–Crippen MR) is 80.1 cm³/mol. The van der Waals surface area contributed by atoms with E-state index in [-0.39, 0.29) is 6.61 Å². The molecule has 0 unspecified atom stereocenters. The van der Waals surface area contributed by atoms with Gasteiger partial charge in [0.2, 0.25) is 0 Å². The van der Waals surface area contributed by atoms with Crippen LogP contribution < -0.4 is 11.2 Å². The second-order valence-electron chi connectivity index (χ2n) is 4.90. The first-order valence-corrected chi connectivity index (χ1v) is 7.62. The number of carbonyl (C=O) groups excluding carboxylic acids is 2. The Bertz CT molecular complexity index is 713. The van der Waals surface area contributed by atoms with Crippen LogP contribution in [0.4, 0.5) is 0 Å². The lowest BCUT2D eigenvalue weighted by Crippen LogP contribution is -2.37. The molecule has 10 heteroatoms. The highest BCUT2D eigenvalue weighted by Gasteiger charge is 2.47. The maximum atomic E-state index is 11.9. The Kier molecular flexibility index (Phi) is 5.37. The molecule has 1 aliphatic heterocycles. The van der Waals surface area contributed by atoms with E-state index in [4.69, 9.17) is 14.2 Å². The van der Waals surface area contributed by atoms with E-state index in [1.165, 1.54) is 26.1 Å². The van der Waals surface area contributed by atoms with Crippen molar-refractivity contribution in [3.8, 4) is 0 Å². The van der Waals surface area contributed by atoms with Crippen LogP contribution in [0.2, 0.25) is 0 Å². The molecule has 1 aliphatic rings. The van der Waals surface area contributed by atoms with Gasteiger partial charge in [0.05, 0.1) is 4.83 Å². The van der Waals surface area contributed by atoms with Crippen LogP contribution in [0.5, 0.6) is 0 Å². The van der Waals surface area contributed by atoms with Crippen LogP contribution in [0.3, 0.4) is 0 Å². The van der Waals surface area contributed by atoms with Gasteiger partial charge in [-0.1, -0.05) is 15.9 Å². The number of esters is 2. The molecule has 1 saturated heterocycles. The molecule has 1 aromatic rings. The largest absolute Gasteiger partial charge is 0.463 e. The summed E-state index contributed by atoms with van der Waals surface area (Å²) in [5, 5.41) is 0. The maximum Gasteiger partial charge on any atom is 0.330 e. The third kappa shape index (κ3) is 4.08. The monoisotopic (exact) mass is 390 g/mol. The Balaban J connectivity index is 2.27. The Morgan fingerprint density at radius 3 is 2.61 bits per heavy atom. The van der Waals surface area contributed by atoms with Crippen molar-refractivity contribution in [3.05, 3.63) is 33.1 Å². The van der Waals surface area contributed by atoms with E-state index in [0.717, 1.165) is 4.57 Å². The number of hydrogen-bond acceptors (Lipinski definition) is 7. The number of aromatic nitrogens is 2. The highest BCUT2D eigenvalue weighted by Crippen LogP contribution is 2.35. The highest BCUT2D eigenvalue weighted by molar-refractivity contribution is 9.09. The predicted octanol–water partition coefficient (Wildman–Crippen LogP) is -0.308. The molecule has 0 spiro atoms. The number of carbonyl (C=O) groups is 2. The van der Waals surface area contributed by atoms with Gasteiger partial charge in [-0.25, -0.2) is 4.79 Å². The van der Waals surface area contributed by atoms with Crippen molar-refractivity contribution in [3.63, 3.8) is 0 Å². The molecular formula is C13H15BrN2O7. The average Bonchev–Trinajstić information content (AvgIpc) is 2.73. The summed E-state index contributed by atoms with van der Waals surface area (Å²) in [6.45, 7) is 2.34. The molecule has 0 bridgehead atoms. The number of alkyl halides is 1. The molecule has 0 radical (unpaired) electrons. The molecule has 126 valence electrons. The van der Waals surface area contributed by atoms with Gasteiger partial charge in [0, 0.05) is 26.1 Å². The van der Waals surface area contributed by atoms with Crippen LogP contribution in [0, 0.1) is 0 Å². The Morgan fingerprint density at radius 1 is 1.35 bits per heavy atom. The van der Waals surface area contributed by atoms with E-state index >= 15 is 0 Å². The molecule has 0 aromatic carbocycles. The minimum absolute atomic E-state index is 0.135. The van der Waals surface area contributed by atoms with Gasteiger partial charge >= 0.3 is 17.6 Å². The molecule has 0 saturated carbocycles. The number of rotatable bonds is 4. The summed E-state index contributed by atoms with van der Waals surface area (Å²) in [6.07, 6.45) is -1.09. The molecule has 23 heavy (non-hydrogen) atoms. The van der Waals surface area contributed by atoms with Crippen LogP contribution in [-0.4, -0.2) is 45.1 Å². The number of nitrogens with one attached hydrogen (secondary N) is 1. The lowest BCUT2D eigenvalue weighted by atomic mass is 10.2. The fourth-order valence-electron chi connectivity index (χ4n) is 2.21. The molecule has 9 nitrogen and oxygen atoms in total.